The Balaban J connectivity index is 2.03. The van der Waals surface area contributed by atoms with E-state index in [1.807, 2.05) is 12.1 Å². The summed E-state index contributed by atoms with van der Waals surface area (Å²) in [5, 5.41) is 6.53. The van der Waals surface area contributed by atoms with Gasteiger partial charge in [-0.1, -0.05) is 38.1 Å². The number of amides is 1. The maximum Gasteiger partial charge on any atom is 0.237 e. The van der Waals surface area contributed by atoms with Crippen LogP contribution >= 0.6 is 0 Å². The van der Waals surface area contributed by atoms with Crippen LogP contribution in [0.15, 0.2) is 24.3 Å². The van der Waals surface area contributed by atoms with Crippen LogP contribution in [0, 0.1) is 0 Å². The van der Waals surface area contributed by atoms with E-state index in [2.05, 4.69) is 43.5 Å². The maximum absolute atomic E-state index is 12.4. The predicted molar refractivity (Wildman–Crippen MR) is 77.9 cm³/mol. The van der Waals surface area contributed by atoms with Crippen molar-refractivity contribution in [2.45, 2.75) is 58.2 Å². The Hall–Kier alpha value is -1.35. The van der Waals surface area contributed by atoms with Crippen LogP contribution in [0.25, 0.3) is 0 Å². The molecule has 0 aliphatic carbocycles. The molecule has 1 aliphatic heterocycles. The lowest BCUT2D eigenvalue weighted by molar-refractivity contribution is -0.125. The van der Waals surface area contributed by atoms with Gasteiger partial charge in [0.2, 0.25) is 5.91 Å². The summed E-state index contributed by atoms with van der Waals surface area (Å²) in [6.45, 7) is 7.13. The molecule has 0 saturated heterocycles. The fraction of sp³-hybridized carbons (Fsp3) is 0.562. The first-order valence-corrected chi connectivity index (χ1v) is 7.20. The number of rotatable bonds is 4. The highest BCUT2D eigenvalue weighted by atomic mass is 16.2. The van der Waals surface area contributed by atoms with E-state index in [9.17, 15) is 4.79 Å². The highest BCUT2D eigenvalue weighted by Crippen LogP contribution is 2.18. The van der Waals surface area contributed by atoms with Crippen LogP contribution in [-0.2, 0) is 17.8 Å². The van der Waals surface area contributed by atoms with Gasteiger partial charge in [0.1, 0.15) is 0 Å². The standard InChI is InChI=1S/C16H24N2O/c1-4-16(3,5-2)18-15(19)14-10-12-8-6-7-9-13(12)11-17-14/h6-9,14,17H,4-5,10-11H2,1-3H3,(H,18,19)/t14-/m1/s1. The van der Waals surface area contributed by atoms with Crippen molar-refractivity contribution in [3.05, 3.63) is 35.4 Å². The average molecular weight is 260 g/mol. The number of fused-ring (bicyclic) bond motifs is 1. The van der Waals surface area contributed by atoms with E-state index in [1.165, 1.54) is 11.1 Å². The maximum atomic E-state index is 12.4. The van der Waals surface area contributed by atoms with Crippen LogP contribution in [-0.4, -0.2) is 17.5 Å². The first-order valence-electron chi connectivity index (χ1n) is 7.20. The number of carbonyl (C=O) groups excluding carboxylic acids is 1. The summed E-state index contributed by atoms with van der Waals surface area (Å²) in [5.74, 6) is 0.126. The van der Waals surface area contributed by atoms with Gasteiger partial charge in [0.25, 0.3) is 0 Å². The lowest BCUT2D eigenvalue weighted by Crippen LogP contribution is -2.54. The van der Waals surface area contributed by atoms with Gasteiger partial charge < -0.3 is 10.6 Å². The second-order valence-corrected chi connectivity index (χ2v) is 5.66. The molecule has 1 aromatic rings. The fourth-order valence-corrected chi connectivity index (χ4v) is 2.45. The van der Waals surface area contributed by atoms with Gasteiger partial charge in [-0.05, 0) is 37.3 Å². The molecule has 0 radical (unpaired) electrons. The molecule has 0 saturated carbocycles. The Morgan fingerprint density at radius 2 is 1.95 bits per heavy atom. The number of benzene rings is 1. The molecule has 2 rings (SSSR count). The Bertz CT molecular complexity index is 452. The molecule has 0 bridgehead atoms. The quantitative estimate of drug-likeness (QED) is 0.873. The predicted octanol–water partition coefficient (Wildman–Crippen LogP) is 2.40. The molecule has 1 aromatic carbocycles. The molecule has 0 unspecified atom stereocenters. The Kier molecular flexibility index (Phi) is 4.25. The smallest absolute Gasteiger partial charge is 0.237 e. The third-order valence-corrected chi connectivity index (χ3v) is 4.38. The fourth-order valence-electron chi connectivity index (χ4n) is 2.45. The monoisotopic (exact) mass is 260 g/mol. The van der Waals surface area contributed by atoms with Gasteiger partial charge in [0.05, 0.1) is 6.04 Å². The molecule has 1 aliphatic rings. The van der Waals surface area contributed by atoms with Crippen molar-refractivity contribution in [1.82, 2.24) is 10.6 Å². The lowest BCUT2D eigenvalue weighted by Gasteiger charge is -2.32. The molecule has 1 atom stereocenters. The average Bonchev–Trinajstić information content (AvgIpc) is 2.46. The summed E-state index contributed by atoms with van der Waals surface area (Å²) < 4.78 is 0. The normalized spacial score (nSPS) is 18.8. The van der Waals surface area contributed by atoms with Gasteiger partial charge in [-0.25, -0.2) is 0 Å². The summed E-state index contributed by atoms with van der Waals surface area (Å²) in [4.78, 5) is 12.4. The van der Waals surface area contributed by atoms with Crippen molar-refractivity contribution in [3.8, 4) is 0 Å². The van der Waals surface area contributed by atoms with Crippen molar-refractivity contribution in [2.24, 2.45) is 0 Å². The first kappa shape index (κ1) is 14.1. The molecule has 2 N–H and O–H groups in total. The minimum absolute atomic E-state index is 0.0876. The van der Waals surface area contributed by atoms with Crippen LogP contribution in [0.3, 0.4) is 0 Å². The second kappa shape index (κ2) is 5.74. The number of hydrogen-bond acceptors (Lipinski definition) is 2. The van der Waals surface area contributed by atoms with E-state index in [4.69, 9.17) is 0 Å². The molecule has 0 spiro atoms. The van der Waals surface area contributed by atoms with Gasteiger partial charge in [-0.3, -0.25) is 4.79 Å². The Labute approximate surface area is 115 Å². The van der Waals surface area contributed by atoms with Crippen molar-refractivity contribution < 1.29 is 4.79 Å². The van der Waals surface area contributed by atoms with E-state index in [0.29, 0.717) is 0 Å². The zero-order valence-corrected chi connectivity index (χ0v) is 12.1. The van der Waals surface area contributed by atoms with E-state index in [1.54, 1.807) is 0 Å². The van der Waals surface area contributed by atoms with E-state index >= 15 is 0 Å². The molecule has 1 heterocycles. The largest absolute Gasteiger partial charge is 0.350 e. The van der Waals surface area contributed by atoms with Gasteiger partial charge in [0, 0.05) is 12.1 Å². The van der Waals surface area contributed by atoms with Crippen molar-refractivity contribution in [1.29, 1.82) is 0 Å². The van der Waals surface area contributed by atoms with E-state index in [0.717, 1.165) is 25.8 Å². The molecule has 104 valence electrons. The highest BCUT2D eigenvalue weighted by molar-refractivity contribution is 5.83. The molecule has 3 nitrogen and oxygen atoms in total. The second-order valence-electron chi connectivity index (χ2n) is 5.66. The zero-order valence-electron chi connectivity index (χ0n) is 12.1. The van der Waals surface area contributed by atoms with Crippen LogP contribution in [0.5, 0.6) is 0 Å². The van der Waals surface area contributed by atoms with Crippen molar-refractivity contribution in [3.63, 3.8) is 0 Å². The number of nitrogens with one attached hydrogen (secondary N) is 2. The van der Waals surface area contributed by atoms with Crippen molar-refractivity contribution >= 4 is 5.91 Å². The summed E-state index contributed by atoms with van der Waals surface area (Å²) in [6, 6.07) is 8.23. The number of hydrogen-bond donors (Lipinski definition) is 2. The summed E-state index contributed by atoms with van der Waals surface area (Å²) in [5.41, 5.74) is 2.51. The first-order chi connectivity index (χ1) is 9.08. The van der Waals surface area contributed by atoms with Crippen LogP contribution in [0.4, 0.5) is 0 Å². The van der Waals surface area contributed by atoms with Crippen LogP contribution in [0.1, 0.15) is 44.7 Å². The van der Waals surface area contributed by atoms with Crippen LogP contribution in [0.2, 0.25) is 0 Å². The molecular formula is C16H24N2O. The van der Waals surface area contributed by atoms with Gasteiger partial charge in [0.15, 0.2) is 0 Å². The molecule has 0 fully saturated rings. The Morgan fingerprint density at radius 1 is 1.32 bits per heavy atom. The van der Waals surface area contributed by atoms with E-state index in [-0.39, 0.29) is 17.5 Å². The third-order valence-electron chi connectivity index (χ3n) is 4.38. The van der Waals surface area contributed by atoms with Gasteiger partial charge >= 0.3 is 0 Å². The van der Waals surface area contributed by atoms with Crippen molar-refractivity contribution in [2.75, 3.05) is 0 Å². The van der Waals surface area contributed by atoms with Gasteiger partial charge in [-0.15, -0.1) is 0 Å². The minimum Gasteiger partial charge on any atom is -0.350 e. The number of carbonyl (C=O) groups is 1. The molecule has 3 heteroatoms. The molecule has 1 amide bonds. The molecule has 0 aromatic heterocycles. The third kappa shape index (κ3) is 3.16. The SMILES string of the molecule is CCC(C)(CC)NC(=O)[C@H]1Cc2ccccc2CN1. The Morgan fingerprint density at radius 3 is 2.58 bits per heavy atom. The molecule has 19 heavy (non-hydrogen) atoms. The molecular weight excluding hydrogens is 236 g/mol. The highest BCUT2D eigenvalue weighted by Gasteiger charge is 2.29. The van der Waals surface area contributed by atoms with E-state index < -0.39 is 0 Å². The topological polar surface area (TPSA) is 41.1 Å². The zero-order chi connectivity index (χ0) is 13.9. The minimum atomic E-state index is -0.104. The lowest BCUT2D eigenvalue weighted by atomic mass is 9.92. The summed E-state index contributed by atoms with van der Waals surface area (Å²) in [6.07, 6.45) is 2.70. The van der Waals surface area contributed by atoms with Gasteiger partial charge in [-0.2, -0.15) is 0 Å². The van der Waals surface area contributed by atoms with Crippen LogP contribution < -0.4 is 10.6 Å². The summed E-state index contributed by atoms with van der Waals surface area (Å²) in [7, 11) is 0. The summed E-state index contributed by atoms with van der Waals surface area (Å²) >= 11 is 0.